The van der Waals surface area contributed by atoms with E-state index in [0.717, 1.165) is 0 Å². The Hall–Kier alpha value is -6.36. The van der Waals surface area contributed by atoms with Crippen molar-refractivity contribution in [1.82, 2.24) is 0 Å². The van der Waals surface area contributed by atoms with Gasteiger partial charge in [-0.3, -0.25) is 57.5 Å². The van der Waals surface area contributed by atoms with Crippen LogP contribution >= 0.6 is 0 Å². The van der Waals surface area contributed by atoms with E-state index in [1.54, 1.807) is 0 Å². The molecule has 0 amide bonds. The Morgan fingerprint density at radius 3 is 0.233 bits per heavy atom. The third kappa shape index (κ3) is 104. The summed E-state index contributed by atoms with van der Waals surface area (Å²) >= 11 is 0. The van der Waals surface area contributed by atoms with Crippen molar-refractivity contribution < 1.29 is 119 Å². The second-order valence-corrected chi connectivity index (χ2v) is 12.0. The highest BCUT2D eigenvalue weighted by molar-refractivity contribution is 5.70. The molecule has 0 heterocycles. The van der Waals surface area contributed by atoms with Crippen molar-refractivity contribution >= 4 is 71.6 Å². The van der Waals surface area contributed by atoms with Crippen LogP contribution in [0.15, 0.2) is 0 Å². The number of hydrogen-bond acceptors (Lipinski definition) is 12. The molecule has 0 aromatic heterocycles. The SMILES string of the molecule is O=C(O)CCCCC(=O)O.O=C(O)CCCCC(=O)O.O=C(O)CCCCC(=O)O.O=C(O)CCCCC(=O)O.O=C(O)CCCCC(=O)O.O=C(O)CCCCC(=O)O. The molecule has 0 bridgehead atoms. The smallest absolute Gasteiger partial charge is 0.303 e. The number of carboxylic acids is 12. The van der Waals surface area contributed by atoms with E-state index < -0.39 is 71.6 Å². The Labute approximate surface area is 344 Å². The molecule has 0 aromatic rings. The topological polar surface area (TPSA) is 448 Å². The molecule has 0 rings (SSSR count). The minimum Gasteiger partial charge on any atom is -0.481 e. The van der Waals surface area contributed by atoms with E-state index >= 15 is 0 Å². The Morgan fingerprint density at radius 1 is 0.150 bits per heavy atom. The lowest BCUT2D eigenvalue weighted by Crippen LogP contribution is -1.97. The van der Waals surface area contributed by atoms with E-state index in [-0.39, 0.29) is 77.0 Å². The molecule has 24 heteroatoms. The summed E-state index contributed by atoms with van der Waals surface area (Å²) in [6.45, 7) is 0. The van der Waals surface area contributed by atoms with Crippen LogP contribution in [0.3, 0.4) is 0 Å². The van der Waals surface area contributed by atoms with Crippen LogP contribution in [0.1, 0.15) is 154 Å². The van der Waals surface area contributed by atoms with Gasteiger partial charge in [0.15, 0.2) is 0 Å². The Balaban J connectivity index is -0.000000146. The molecule has 0 saturated carbocycles. The van der Waals surface area contributed by atoms with Gasteiger partial charge >= 0.3 is 71.6 Å². The Kier molecular flexibility index (Phi) is 53.3. The van der Waals surface area contributed by atoms with Crippen molar-refractivity contribution in [3.05, 3.63) is 0 Å². The molecular formula is C36H60O24. The summed E-state index contributed by atoms with van der Waals surface area (Å²) in [6.07, 6.45) is 6.11. The predicted octanol–water partition coefficient (Wildman–Crippen LogP) is 4.30. The third-order valence-corrected chi connectivity index (χ3v) is 6.19. The average molecular weight is 877 g/mol. The van der Waals surface area contributed by atoms with Crippen molar-refractivity contribution in [2.45, 2.75) is 154 Å². The van der Waals surface area contributed by atoms with Gasteiger partial charge in [0, 0.05) is 77.0 Å². The number of unbranched alkanes of at least 4 members (excludes halogenated alkanes) is 6. The first-order valence-corrected chi connectivity index (χ1v) is 18.4. The lowest BCUT2D eigenvalue weighted by Gasteiger charge is -1.92. The van der Waals surface area contributed by atoms with Crippen molar-refractivity contribution in [3.8, 4) is 0 Å². The normalized spacial score (nSPS) is 9.20. The van der Waals surface area contributed by atoms with E-state index in [1.807, 2.05) is 0 Å². The van der Waals surface area contributed by atoms with Crippen molar-refractivity contribution in [2.24, 2.45) is 0 Å². The summed E-state index contributed by atoms with van der Waals surface area (Å²) in [4.78, 5) is 119. The first kappa shape index (κ1) is 65.5. The largest absolute Gasteiger partial charge is 0.481 e. The van der Waals surface area contributed by atoms with Gasteiger partial charge in [0.2, 0.25) is 0 Å². The van der Waals surface area contributed by atoms with Crippen LogP contribution in [0.2, 0.25) is 0 Å². The van der Waals surface area contributed by atoms with Crippen molar-refractivity contribution in [2.75, 3.05) is 0 Å². The van der Waals surface area contributed by atoms with E-state index in [4.69, 9.17) is 61.3 Å². The maximum atomic E-state index is 9.90. The first-order valence-electron chi connectivity index (χ1n) is 18.4. The summed E-state index contributed by atoms with van der Waals surface area (Å²) in [6, 6.07) is 0. The zero-order valence-electron chi connectivity index (χ0n) is 33.2. The molecule has 0 aliphatic carbocycles. The highest BCUT2D eigenvalue weighted by Gasteiger charge is 2.03. The second kappa shape index (κ2) is 48.8. The van der Waals surface area contributed by atoms with Gasteiger partial charge in [-0.1, -0.05) is 0 Å². The molecule has 0 aromatic carbocycles. The van der Waals surface area contributed by atoms with Gasteiger partial charge in [-0.25, -0.2) is 0 Å². The van der Waals surface area contributed by atoms with Gasteiger partial charge in [-0.2, -0.15) is 0 Å². The fraction of sp³-hybridized carbons (Fsp3) is 0.667. The molecule has 0 aliphatic heterocycles. The fourth-order valence-electron chi connectivity index (χ4n) is 3.31. The maximum Gasteiger partial charge on any atom is 0.303 e. The molecule has 0 saturated heterocycles. The van der Waals surface area contributed by atoms with Gasteiger partial charge in [-0.05, 0) is 77.0 Å². The van der Waals surface area contributed by atoms with E-state index in [1.165, 1.54) is 0 Å². The second-order valence-electron chi connectivity index (χ2n) is 12.0. The summed E-state index contributed by atoms with van der Waals surface area (Å²) in [5, 5.41) is 97.6. The molecule has 0 spiro atoms. The van der Waals surface area contributed by atoms with Crippen molar-refractivity contribution in [3.63, 3.8) is 0 Å². The molecule has 348 valence electrons. The van der Waals surface area contributed by atoms with Crippen LogP contribution in [-0.4, -0.2) is 133 Å². The number of carbonyl (C=O) groups is 12. The molecule has 0 radical (unpaired) electrons. The summed E-state index contributed by atoms with van der Waals surface area (Å²) in [7, 11) is 0. The minimum atomic E-state index is -0.870. The highest BCUT2D eigenvalue weighted by Crippen LogP contribution is 2.02. The molecule has 60 heavy (non-hydrogen) atoms. The van der Waals surface area contributed by atoms with Gasteiger partial charge < -0.3 is 61.3 Å². The van der Waals surface area contributed by atoms with Crippen molar-refractivity contribution in [1.29, 1.82) is 0 Å². The van der Waals surface area contributed by atoms with Gasteiger partial charge in [0.05, 0.1) is 0 Å². The standard InChI is InChI=1S/6C6H10O4/c6*7-5(8)3-1-2-4-6(9)10/h6*1-4H2,(H,7,8)(H,9,10). The monoisotopic (exact) mass is 876 g/mol. The van der Waals surface area contributed by atoms with Crippen LogP contribution in [0.5, 0.6) is 0 Å². The number of aliphatic carboxylic acids is 12. The summed E-state index contributed by atoms with van der Waals surface area (Å²) in [5.41, 5.74) is 0. The fourth-order valence-corrected chi connectivity index (χ4v) is 3.31. The van der Waals surface area contributed by atoms with Gasteiger partial charge in [0.25, 0.3) is 0 Å². The minimum absolute atomic E-state index is 0.0628. The summed E-state index contributed by atoms with van der Waals surface area (Å²) < 4.78 is 0. The molecule has 12 N–H and O–H groups in total. The lowest BCUT2D eigenvalue weighted by molar-refractivity contribution is -0.139. The third-order valence-electron chi connectivity index (χ3n) is 6.19. The van der Waals surface area contributed by atoms with E-state index in [9.17, 15) is 57.5 Å². The van der Waals surface area contributed by atoms with Crippen LogP contribution in [0, 0.1) is 0 Å². The molecule has 0 fully saturated rings. The molecule has 24 nitrogen and oxygen atoms in total. The lowest BCUT2D eigenvalue weighted by atomic mass is 10.2. The molecule has 0 atom stereocenters. The molecular weight excluding hydrogens is 816 g/mol. The average Bonchev–Trinajstić information content (AvgIpc) is 3.10. The van der Waals surface area contributed by atoms with E-state index in [0.29, 0.717) is 77.0 Å². The van der Waals surface area contributed by atoms with Gasteiger partial charge in [0.1, 0.15) is 0 Å². The number of hydrogen-bond donors (Lipinski definition) is 12. The van der Waals surface area contributed by atoms with E-state index in [2.05, 4.69) is 0 Å². The van der Waals surface area contributed by atoms with Crippen LogP contribution in [0.4, 0.5) is 0 Å². The summed E-state index contributed by atoms with van der Waals surface area (Å²) in [5.74, 6) is -10.4. The molecule has 0 aliphatic rings. The van der Waals surface area contributed by atoms with Crippen LogP contribution in [-0.2, 0) is 57.5 Å². The number of carboxylic acid groups (broad SMARTS) is 12. The quantitative estimate of drug-likeness (QED) is 0.0447. The highest BCUT2D eigenvalue weighted by atomic mass is 16.4. The predicted molar refractivity (Wildman–Crippen MR) is 202 cm³/mol. The van der Waals surface area contributed by atoms with Crippen LogP contribution in [0.25, 0.3) is 0 Å². The van der Waals surface area contributed by atoms with Gasteiger partial charge in [-0.15, -0.1) is 0 Å². The zero-order chi connectivity index (χ0) is 47.9. The molecule has 0 unspecified atom stereocenters. The maximum absolute atomic E-state index is 9.90. The van der Waals surface area contributed by atoms with Crippen LogP contribution < -0.4 is 0 Å². The first-order chi connectivity index (χ1) is 27.8. The Bertz CT molecular complexity index is 930. The number of rotatable bonds is 30. The Morgan fingerprint density at radius 2 is 0.200 bits per heavy atom. The zero-order valence-corrected chi connectivity index (χ0v) is 33.2.